The predicted molar refractivity (Wildman–Crippen MR) is 76.9 cm³/mol. The van der Waals surface area contributed by atoms with Crippen molar-refractivity contribution in [1.29, 1.82) is 0 Å². The highest BCUT2D eigenvalue weighted by atomic mass is 16.2. The molecule has 1 unspecified atom stereocenters. The third kappa shape index (κ3) is 3.33. The average Bonchev–Trinajstić information content (AvgIpc) is 2.41. The van der Waals surface area contributed by atoms with Crippen LogP contribution in [0.1, 0.15) is 11.1 Å². The number of rotatable bonds is 3. The van der Waals surface area contributed by atoms with Crippen molar-refractivity contribution >= 4 is 5.91 Å². The molecule has 0 saturated carbocycles. The van der Waals surface area contributed by atoms with Gasteiger partial charge in [0, 0.05) is 40.3 Å². The molecule has 2 rings (SSSR count). The molecule has 1 aliphatic heterocycles. The molecule has 1 heterocycles. The Morgan fingerprint density at radius 1 is 1.42 bits per heavy atom. The van der Waals surface area contributed by atoms with Crippen LogP contribution in [0.4, 0.5) is 0 Å². The fourth-order valence-electron chi connectivity index (χ4n) is 2.48. The topological polar surface area (TPSA) is 35.6 Å². The third-order valence-electron chi connectivity index (χ3n) is 3.71. The van der Waals surface area contributed by atoms with Gasteiger partial charge in [0.1, 0.15) is 6.04 Å². The lowest BCUT2D eigenvalue weighted by Gasteiger charge is -2.36. The molecular formula is C15H23N3O. The number of hydrogen-bond acceptors (Lipinski definition) is 3. The van der Waals surface area contributed by atoms with Gasteiger partial charge < -0.3 is 10.2 Å². The maximum absolute atomic E-state index is 12.2. The van der Waals surface area contributed by atoms with E-state index in [0.29, 0.717) is 0 Å². The van der Waals surface area contributed by atoms with E-state index < -0.39 is 0 Å². The molecule has 0 radical (unpaired) electrons. The van der Waals surface area contributed by atoms with Crippen molar-refractivity contribution in [3.63, 3.8) is 0 Å². The van der Waals surface area contributed by atoms with Crippen LogP contribution in [0, 0.1) is 6.92 Å². The second kappa shape index (κ2) is 6.17. The number of carbonyl (C=O) groups excluding carboxylic acids is 1. The van der Waals surface area contributed by atoms with Crippen molar-refractivity contribution in [3.05, 3.63) is 35.4 Å². The quantitative estimate of drug-likeness (QED) is 0.876. The molecule has 1 saturated heterocycles. The summed E-state index contributed by atoms with van der Waals surface area (Å²) in [6.07, 6.45) is 0. The Kier molecular flexibility index (Phi) is 4.56. The lowest BCUT2D eigenvalue weighted by atomic mass is 10.1. The molecule has 0 aliphatic carbocycles. The van der Waals surface area contributed by atoms with Crippen molar-refractivity contribution in [2.75, 3.05) is 33.7 Å². The van der Waals surface area contributed by atoms with Gasteiger partial charge in [0.25, 0.3) is 0 Å². The number of likely N-dealkylation sites (N-methyl/N-ethyl adjacent to an activating group) is 1. The van der Waals surface area contributed by atoms with Crippen LogP contribution in [0.3, 0.4) is 0 Å². The summed E-state index contributed by atoms with van der Waals surface area (Å²) in [6.45, 7) is 5.57. The fourth-order valence-corrected chi connectivity index (χ4v) is 2.48. The van der Waals surface area contributed by atoms with Crippen LogP contribution in [0.2, 0.25) is 0 Å². The Morgan fingerprint density at radius 3 is 2.84 bits per heavy atom. The number of benzene rings is 1. The number of hydrogen-bond donors (Lipinski definition) is 1. The van der Waals surface area contributed by atoms with Crippen LogP contribution in [0.5, 0.6) is 0 Å². The Balaban J connectivity index is 2.12. The minimum atomic E-state index is -0.0524. The first kappa shape index (κ1) is 14.0. The van der Waals surface area contributed by atoms with Crippen LogP contribution < -0.4 is 5.32 Å². The summed E-state index contributed by atoms with van der Waals surface area (Å²) in [5, 5.41) is 3.31. The SMILES string of the molecule is Cc1ccccc1CN1CCNCC1C(=O)N(C)C. The highest BCUT2D eigenvalue weighted by molar-refractivity contribution is 5.81. The molecule has 0 aromatic heterocycles. The first-order valence-corrected chi connectivity index (χ1v) is 6.80. The number of nitrogens with zero attached hydrogens (tertiary/aromatic N) is 2. The summed E-state index contributed by atoms with van der Waals surface area (Å²) in [5.41, 5.74) is 2.60. The maximum atomic E-state index is 12.2. The van der Waals surface area contributed by atoms with E-state index in [4.69, 9.17) is 0 Å². The molecule has 19 heavy (non-hydrogen) atoms. The van der Waals surface area contributed by atoms with Gasteiger partial charge in [0.15, 0.2) is 0 Å². The summed E-state index contributed by atoms with van der Waals surface area (Å²) in [4.78, 5) is 16.2. The number of amides is 1. The summed E-state index contributed by atoms with van der Waals surface area (Å²) >= 11 is 0. The molecule has 1 aromatic carbocycles. The van der Waals surface area contributed by atoms with Crippen LogP contribution >= 0.6 is 0 Å². The molecule has 1 N–H and O–H groups in total. The second-order valence-electron chi connectivity index (χ2n) is 5.35. The number of piperazine rings is 1. The van der Waals surface area contributed by atoms with E-state index in [1.165, 1.54) is 11.1 Å². The van der Waals surface area contributed by atoms with Gasteiger partial charge >= 0.3 is 0 Å². The Labute approximate surface area is 115 Å². The summed E-state index contributed by atoms with van der Waals surface area (Å²) in [6, 6.07) is 8.34. The monoisotopic (exact) mass is 261 g/mol. The zero-order valence-electron chi connectivity index (χ0n) is 12.0. The molecule has 0 bridgehead atoms. The van der Waals surface area contributed by atoms with Crippen molar-refractivity contribution in [3.8, 4) is 0 Å². The molecule has 1 amide bonds. The van der Waals surface area contributed by atoms with E-state index >= 15 is 0 Å². The molecule has 4 nitrogen and oxygen atoms in total. The number of carbonyl (C=O) groups is 1. The Bertz CT molecular complexity index is 445. The molecule has 1 aliphatic rings. The average molecular weight is 261 g/mol. The molecule has 1 fully saturated rings. The first-order valence-electron chi connectivity index (χ1n) is 6.80. The maximum Gasteiger partial charge on any atom is 0.240 e. The van der Waals surface area contributed by atoms with Gasteiger partial charge in [-0.2, -0.15) is 0 Å². The minimum Gasteiger partial charge on any atom is -0.347 e. The van der Waals surface area contributed by atoms with Gasteiger partial charge in [-0.15, -0.1) is 0 Å². The highest BCUT2D eigenvalue weighted by Gasteiger charge is 2.29. The largest absolute Gasteiger partial charge is 0.347 e. The smallest absolute Gasteiger partial charge is 0.240 e. The fraction of sp³-hybridized carbons (Fsp3) is 0.533. The molecule has 0 spiro atoms. The van der Waals surface area contributed by atoms with Crippen molar-refractivity contribution in [2.24, 2.45) is 0 Å². The van der Waals surface area contributed by atoms with Crippen LogP contribution in [0.15, 0.2) is 24.3 Å². The second-order valence-corrected chi connectivity index (χ2v) is 5.35. The van der Waals surface area contributed by atoms with E-state index in [9.17, 15) is 4.79 Å². The summed E-state index contributed by atoms with van der Waals surface area (Å²) < 4.78 is 0. The van der Waals surface area contributed by atoms with Crippen LogP contribution in [-0.2, 0) is 11.3 Å². The van der Waals surface area contributed by atoms with Crippen molar-refractivity contribution in [2.45, 2.75) is 19.5 Å². The zero-order chi connectivity index (χ0) is 13.8. The third-order valence-corrected chi connectivity index (χ3v) is 3.71. The molecule has 104 valence electrons. The van der Waals surface area contributed by atoms with Gasteiger partial charge in [0.05, 0.1) is 0 Å². The predicted octanol–water partition coefficient (Wildman–Crippen LogP) is 0.857. The number of aryl methyl sites for hydroxylation is 1. The van der Waals surface area contributed by atoms with Crippen molar-refractivity contribution < 1.29 is 4.79 Å². The Morgan fingerprint density at radius 2 is 2.16 bits per heavy atom. The van der Waals surface area contributed by atoms with E-state index in [0.717, 1.165) is 26.2 Å². The highest BCUT2D eigenvalue weighted by Crippen LogP contribution is 2.14. The van der Waals surface area contributed by atoms with Crippen LogP contribution in [0.25, 0.3) is 0 Å². The molecule has 1 aromatic rings. The van der Waals surface area contributed by atoms with E-state index in [-0.39, 0.29) is 11.9 Å². The lowest BCUT2D eigenvalue weighted by Crippen LogP contribution is -2.57. The van der Waals surface area contributed by atoms with Crippen LogP contribution in [-0.4, -0.2) is 55.5 Å². The standard InChI is InChI=1S/C15H23N3O/c1-12-6-4-5-7-13(12)11-18-9-8-16-10-14(18)15(19)17(2)3/h4-7,14,16H,8-11H2,1-3H3. The van der Waals surface area contributed by atoms with E-state index in [1.807, 2.05) is 14.1 Å². The van der Waals surface area contributed by atoms with Gasteiger partial charge in [-0.1, -0.05) is 24.3 Å². The Hall–Kier alpha value is -1.39. The molecular weight excluding hydrogens is 238 g/mol. The lowest BCUT2D eigenvalue weighted by molar-refractivity contribution is -0.135. The van der Waals surface area contributed by atoms with Gasteiger partial charge in [0.2, 0.25) is 5.91 Å². The van der Waals surface area contributed by atoms with E-state index in [1.54, 1.807) is 4.90 Å². The summed E-state index contributed by atoms with van der Waals surface area (Å²) in [5.74, 6) is 0.181. The summed E-state index contributed by atoms with van der Waals surface area (Å²) in [7, 11) is 3.64. The van der Waals surface area contributed by atoms with E-state index in [2.05, 4.69) is 41.4 Å². The molecule has 4 heteroatoms. The number of nitrogens with one attached hydrogen (secondary N) is 1. The molecule has 1 atom stereocenters. The van der Waals surface area contributed by atoms with Gasteiger partial charge in [-0.25, -0.2) is 0 Å². The zero-order valence-corrected chi connectivity index (χ0v) is 12.0. The van der Waals surface area contributed by atoms with Crippen molar-refractivity contribution in [1.82, 2.24) is 15.1 Å². The first-order chi connectivity index (χ1) is 9.09. The van der Waals surface area contributed by atoms with Gasteiger partial charge in [-0.3, -0.25) is 9.69 Å². The minimum absolute atomic E-state index is 0.0524. The normalized spacial score (nSPS) is 20.3. The van der Waals surface area contributed by atoms with Gasteiger partial charge in [-0.05, 0) is 18.1 Å².